The van der Waals surface area contributed by atoms with Gasteiger partial charge >= 0.3 is 0 Å². The summed E-state index contributed by atoms with van der Waals surface area (Å²) in [6.45, 7) is 2.78. The molecular weight excluding hydrogens is 476 g/mol. The Kier molecular flexibility index (Phi) is 6.33. The van der Waals surface area contributed by atoms with E-state index in [0.29, 0.717) is 31.0 Å². The molecule has 4 rings (SSSR count). The van der Waals surface area contributed by atoms with Crippen LogP contribution in [-0.4, -0.2) is 83.6 Å². The minimum absolute atomic E-state index is 0.0929. The fourth-order valence-electron chi connectivity index (χ4n) is 3.77. The van der Waals surface area contributed by atoms with E-state index in [0.717, 1.165) is 34.0 Å². The summed E-state index contributed by atoms with van der Waals surface area (Å²) in [5, 5.41) is 0.728. The molecule has 0 aliphatic carbocycles. The highest BCUT2D eigenvalue weighted by Crippen LogP contribution is 2.24. The lowest BCUT2D eigenvalue weighted by molar-refractivity contribution is -0.130. The standard InChI is InChI=1S/C19H23BrN4O3S2/c20-15-3-1-14(2-4-15)17-11-21-19(22-17)28-12-18(25)24-8-6-23(7-9-24)16-5-10-29(26,27)13-16/h1-4,11,16H,5-10,12-13H2,(H,21,22). The number of rotatable bonds is 5. The Labute approximate surface area is 183 Å². The minimum atomic E-state index is -2.87. The quantitative estimate of drug-likeness (QED) is 0.636. The van der Waals surface area contributed by atoms with Gasteiger partial charge in [-0.3, -0.25) is 9.69 Å². The number of nitrogens with zero attached hydrogens (tertiary/aromatic N) is 3. The van der Waals surface area contributed by atoms with E-state index in [2.05, 4.69) is 30.8 Å². The van der Waals surface area contributed by atoms with Crippen LogP contribution < -0.4 is 0 Å². The summed E-state index contributed by atoms with van der Waals surface area (Å²) in [5.74, 6) is 0.982. The van der Waals surface area contributed by atoms with Gasteiger partial charge in [0.15, 0.2) is 15.0 Å². The number of sulfone groups is 1. The summed E-state index contributed by atoms with van der Waals surface area (Å²) in [5.41, 5.74) is 1.97. The first-order valence-corrected chi connectivity index (χ1v) is 13.2. The predicted molar refractivity (Wildman–Crippen MR) is 118 cm³/mol. The molecule has 2 fully saturated rings. The van der Waals surface area contributed by atoms with Crippen molar-refractivity contribution in [3.8, 4) is 11.3 Å². The second-order valence-corrected chi connectivity index (χ2v) is 11.5. The molecule has 0 saturated carbocycles. The van der Waals surface area contributed by atoms with Gasteiger partial charge in [-0.05, 0) is 24.1 Å². The summed E-state index contributed by atoms with van der Waals surface area (Å²) < 4.78 is 24.4. The summed E-state index contributed by atoms with van der Waals surface area (Å²) in [6, 6.07) is 8.09. The van der Waals surface area contributed by atoms with Crippen LogP contribution in [0.5, 0.6) is 0 Å². The number of amides is 1. The van der Waals surface area contributed by atoms with Gasteiger partial charge in [0.2, 0.25) is 5.91 Å². The van der Waals surface area contributed by atoms with Crippen molar-refractivity contribution in [2.24, 2.45) is 0 Å². The van der Waals surface area contributed by atoms with Gasteiger partial charge in [0, 0.05) is 36.7 Å². The van der Waals surface area contributed by atoms with Crippen LogP contribution in [0.2, 0.25) is 0 Å². The van der Waals surface area contributed by atoms with Crippen LogP contribution in [0, 0.1) is 0 Å². The van der Waals surface area contributed by atoms with E-state index in [1.54, 1.807) is 6.20 Å². The first-order valence-electron chi connectivity index (χ1n) is 9.56. The van der Waals surface area contributed by atoms with Crippen molar-refractivity contribution in [1.29, 1.82) is 0 Å². The Morgan fingerprint density at radius 2 is 1.93 bits per heavy atom. The summed E-state index contributed by atoms with van der Waals surface area (Å²) in [7, 11) is -2.87. The van der Waals surface area contributed by atoms with Crippen LogP contribution in [0.25, 0.3) is 11.3 Å². The first kappa shape index (κ1) is 20.9. The highest BCUT2D eigenvalue weighted by Gasteiger charge is 2.34. The number of carbonyl (C=O) groups excluding carboxylic acids is 1. The lowest BCUT2D eigenvalue weighted by Gasteiger charge is -2.37. The van der Waals surface area contributed by atoms with Crippen LogP contribution in [0.4, 0.5) is 0 Å². The maximum atomic E-state index is 12.6. The SMILES string of the molecule is O=C(CSc1ncc(-c2ccc(Br)cc2)[nH]1)N1CCN(C2CCS(=O)(=O)C2)CC1. The van der Waals surface area contributed by atoms with Gasteiger partial charge in [-0.15, -0.1) is 0 Å². The van der Waals surface area contributed by atoms with Gasteiger partial charge in [-0.25, -0.2) is 13.4 Å². The Bertz CT molecular complexity index is 970. The van der Waals surface area contributed by atoms with Gasteiger partial charge in [-0.2, -0.15) is 0 Å². The number of aromatic amines is 1. The van der Waals surface area contributed by atoms with Gasteiger partial charge in [0.05, 0.1) is 29.1 Å². The fraction of sp³-hybridized carbons (Fsp3) is 0.474. The van der Waals surface area contributed by atoms with E-state index < -0.39 is 9.84 Å². The molecule has 7 nitrogen and oxygen atoms in total. The van der Waals surface area contributed by atoms with Crippen molar-refractivity contribution in [3.05, 3.63) is 34.9 Å². The molecule has 0 radical (unpaired) electrons. The Morgan fingerprint density at radius 3 is 2.59 bits per heavy atom. The molecule has 156 valence electrons. The molecular formula is C19H23BrN4O3S2. The molecule has 1 N–H and O–H groups in total. The number of benzene rings is 1. The van der Waals surface area contributed by atoms with Crippen molar-refractivity contribution in [2.45, 2.75) is 17.6 Å². The normalized spacial score (nSPS) is 22.1. The molecule has 3 heterocycles. The third kappa shape index (κ3) is 5.22. The van der Waals surface area contributed by atoms with Gasteiger partial charge < -0.3 is 9.88 Å². The Morgan fingerprint density at radius 1 is 1.21 bits per heavy atom. The molecule has 0 bridgehead atoms. The molecule has 2 saturated heterocycles. The largest absolute Gasteiger partial charge is 0.339 e. The number of aromatic nitrogens is 2. The van der Waals surface area contributed by atoms with Crippen LogP contribution in [0.15, 0.2) is 40.1 Å². The molecule has 2 aromatic rings. The predicted octanol–water partition coefficient (Wildman–Crippen LogP) is 2.26. The van der Waals surface area contributed by atoms with E-state index >= 15 is 0 Å². The van der Waals surface area contributed by atoms with Crippen molar-refractivity contribution >= 4 is 43.4 Å². The number of hydrogen-bond donors (Lipinski definition) is 1. The molecule has 1 atom stereocenters. The number of halogens is 1. The van der Waals surface area contributed by atoms with E-state index in [1.807, 2.05) is 29.2 Å². The van der Waals surface area contributed by atoms with Gasteiger partial charge in [0.1, 0.15) is 0 Å². The number of carbonyl (C=O) groups is 1. The molecule has 1 unspecified atom stereocenters. The number of piperazine rings is 1. The second kappa shape index (κ2) is 8.79. The average molecular weight is 499 g/mol. The second-order valence-electron chi connectivity index (χ2n) is 7.37. The number of hydrogen-bond acceptors (Lipinski definition) is 6. The Hall–Kier alpha value is -1.36. The molecule has 2 aliphatic rings. The maximum absolute atomic E-state index is 12.6. The maximum Gasteiger partial charge on any atom is 0.233 e. The number of thioether (sulfide) groups is 1. The molecule has 10 heteroatoms. The highest BCUT2D eigenvalue weighted by molar-refractivity contribution is 9.10. The summed E-state index contributed by atoms with van der Waals surface area (Å²) in [4.78, 5) is 24.3. The topological polar surface area (TPSA) is 86.4 Å². The molecule has 2 aliphatic heterocycles. The van der Waals surface area contributed by atoms with E-state index in [-0.39, 0.29) is 17.7 Å². The van der Waals surface area contributed by atoms with E-state index in [9.17, 15) is 13.2 Å². The van der Waals surface area contributed by atoms with E-state index in [4.69, 9.17) is 0 Å². The van der Waals surface area contributed by atoms with Crippen LogP contribution in [0.1, 0.15) is 6.42 Å². The number of imidazole rings is 1. The third-order valence-corrected chi connectivity index (χ3v) is 8.58. The zero-order valence-corrected chi connectivity index (χ0v) is 19.1. The highest BCUT2D eigenvalue weighted by atomic mass is 79.9. The van der Waals surface area contributed by atoms with Crippen molar-refractivity contribution in [3.63, 3.8) is 0 Å². The fourth-order valence-corrected chi connectivity index (χ4v) is 6.55. The van der Waals surface area contributed by atoms with Crippen LogP contribution >= 0.6 is 27.7 Å². The lowest BCUT2D eigenvalue weighted by atomic mass is 10.2. The Balaban J connectivity index is 1.25. The minimum Gasteiger partial charge on any atom is -0.339 e. The first-order chi connectivity index (χ1) is 13.9. The molecule has 29 heavy (non-hydrogen) atoms. The zero-order chi connectivity index (χ0) is 20.4. The monoisotopic (exact) mass is 498 g/mol. The van der Waals surface area contributed by atoms with Crippen LogP contribution in [0.3, 0.4) is 0 Å². The summed E-state index contributed by atoms with van der Waals surface area (Å²) >= 11 is 4.83. The van der Waals surface area contributed by atoms with Gasteiger partial charge in [0.25, 0.3) is 0 Å². The molecule has 1 aromatic carbocycles. The van der Waals surface area contributed by atoms with Gasteiger partial charge in [-0.1, -0.05) is 39.8 Å². The van der Waals surface area contributed by atoms with E-state index in [1.165, 1.54) is 11.8 Å². The third-order valence-electron chi connectivity index (χ3n) is 5.43. The zero-order valence-electron chi connectivity index (χ0n) is 15.9. The number of nitrogens with one attached hydrogen (secondary N) is 1. The summed E-state index contributed by atoms with van der Waals surface area (Å²) in [6.07, 6.45) is 2.50. The lowest BCUT2D eigenvalue weighted by Crippen LogP contribution is -2.52. The molecule has 1 amide bonds. The van der Waals surface area contributed by atoms with Crippen LogP contribution in [-0.2, 0) is 14.6 Å². The molecule has 1 aromatic heterocycles. The average Bonchev–Trinajstić information content (AvgIpc) is 3.33. The molecule has 0 spiro atoms. The van der Waals surface area contributed by atoms with Crippen molar-refractivity contribution < 1.29 is 13.2 Å². The number of H-pyrrole nitrogens is 1. The smallest absolute Gasteiger partial charge is 0.233 e. The van der Waals surface area contributed by atoms with Crippen molar-refractivity contribution in [2.75, 3.05) is 43.4 Å². The van der Waals surface area contributed by atoms with Crippen molar-refractivity contribution in [1.82, 2.24) is 19.8 Å².